The van der Waals surface area contributed by atoms with Gasteiger partial charge in [0.2, 0.25) is 0 Å². The lowest BCUT2D eigenvalue weighted by molar-refractivity contribution is 0.487. The summed E-state index contributed by atoms with van der Waals surface area (Å²) in [6.07, 6.45) is 4.15. The predicted octanol–water partition coefficient (Wildman–Crippen LogP) is 2.35. The molecule has 1 aromatic heterocycles. The van der Waals surface area contributed by atoms with E-state index in [1.54, 1.807) is 0 Å². The summed E-state index contributed by atoms with van der Waals surface area (Å²) in [5, 5.41) is 0. The molecule has 0 radical (unpaired) electrons. The van der Waals surface area contributed by atoms with Gasteiger partial charge in [0, 0.05) is 23.5 Å². The number of hydrogen-bond acceptors (Lipinski definition) is 2. The summed E-state index contributed by atoms with van der Waals surface area (Å²) in [6, 6.07) is 1.90. The molecule has 1 unspecified atom stereocenters. The molecule has 1 aliphatic carbocycles. The molecule has 0 spiro atoms. The number of nitrogen functional groups attached to an aromatic ring is 1. The van der Waals surface area contributed by atoms with Gasteiger partial charge >= 0.3 is 0 Å². The summed E-state index contributed by atoms with van der Waals surface area (Å²) in [4.78, 5) is 4.44. The minimum Gasteiger partial charge on any atom is -0.398 e. The van der Waals surface area contributed by atoms with Crippen molar-refractivity contribution in [1.82, 2.24) is 4.98 Å². The number of fused-ring (bicyclic) bond motifs is 1. The Labute approximate surface area is 79.2 Å². The maximum Gasteiger partial charge on any atom is 0.0489 e. The lowest BCUT2D eigenvalue weighted by Crippen LogP contribution is -2.04. The van der Waals surface area contributed by atoms with Crippen molar-refractivity contribution in [2.45, 2.75) is 32.6 Å². The number of rotatable bonds is 1. The van der Waals surface area contributed by atoms with Crippen LogP contribution in [0.25, 0.3) is 0 Å². The van der Waals surface area contributed by atoms with Crippen molar-refractivity contribution >= 4 is 5.69 Å². The Hall–Kier alpha value is -1.05. The van der Waals surface area contributed by atoms with Crippen LogP contribution in [0.5, 0.6) is 0 Å². The summed E-state index contributed by atoms with van der Waals surface area (Å²) in [7, 11) is 0. The molecule has 2 heteroatoms. The van der Waals surface area contributed by atoms with E-state index >= 15 is 0 Å². The highest BCUT2D eigenvalue weighted by molar-refractivity contribution is 5.51. The fourth-order valence-corrected chi connectivity index (χ4v) is 2.20. The second-order valence-electron chi connectivity index (χ2n) is 4.15. The van der Waals surface area contributed by atoms with Crippen LogP contribution in [0.15, 0.2) is 12.3 Å². The van der Waals surface area contributed by atoms with E-state index in [1.165, 1.54) is 17.7 Å². The van der Waals surface area contributed by atoms with E-state index in [4.69, 9.17) is 5.73 Å². The first-order valence-electron chi connectivity index (χ1n) is 4.93. The molecular weight excluding hydrogens is 160 g/mol. The molecule has 1 aromatic rings. The Morgan fingerprint density at radius 1 is 1.54 bits per heavy atom. The van der Waals surface area contributed by atoms with Gasteiger partial charge in [0.15, 0.2) is 0 Å². The molecule has 0 aliphatic heterocycles. The van der Waals surface area contributed by atoms with Crippen LogP contribution < -0.4 is 5.73 Å². The first-order chi connectivity index (χ1) is 6.20. The van der Waals surface area contributed by atoms with Crippen LogP contribution in [-0.2, 0) is 6.42 Å². The Kier molecular flexibility index (Phi) is 1.98. The standard InChI is InChI=1S/C11H16N2/c1-7(2)8-3-4-9-10(12)5-6-13-11(8)9/h5-8H,3-4H2,1-2H3,(H2,12,13). The molecule has 2 rings (SSSR count). The SMILES string of the molecule is CC(C)C1CCc2c(N)ccnc21. The summed E-state index contributed by atoms with van der Waals surface area (Å²) < 4.78 is 0. The van der Waals surface area contributed by atoms with Crippen molar-refractivity contribution in [3.8, 4) is 0 Å². The van der Waals surface area contributed by atoms with Crippen LogP contribution in [-0.4, -0.2) is 4.98 Å². The molecule has 1 atom stereocenters. The van der Waals surface area contributed by atoms with Gasteiger partial charge in [0.25, 0.3) is 0 Å². The van der Waals surface area contributed by atoms with Crippen molar-refractivity contribution in [2.75, 3.05) is 5.73 Å². The molecule has 13 heavy (non-hydrogen) atoms. The highest BCUT2D eigenvalue weighted by Crippen LogP contribution is 2.38. The fraction of sp³-hybridized carbons (Fsp3) is 0.545. The van der Waals surface area contributed by atoms with Crippen molar-refractivity contribution in [2.24, 2.45) is 5.92 Å². The number of anilines is 1. The predicted molar refractivity (Wildman–Crippen MR) is 54.5 cm³/mol. The molecule has 0 amide bonds. The Balaban J connectivity index is 2.43. The van der Waals surface area contributed by atoms with E-state index in [0.717, 1.165) is 12.1 Å². The third kappa shape index (κ3) is 1.30. The van der Waals surface area contributed by atoms with E-state index in [-0.39, 0.29) is 0 Å². The zero-order valence-corrected chi connectivity index (χ0v) is 8.25. The maximum absolute atomic E-state index is 5.89. The zero-order valence-electron chi connectivity index (χ0n) is 8.25. The lowest BCUT2D eigenvalue weighted by Gasteiger charge is -2.14. The molecule has 0 saturated carbocycles. The van der Waals surface area contributed by atoms with E-state index in [9.17, 15) is 0 Å². The van der Waals surface area contributed by atoms with Crippen molar-refractivity contribution in [3.63, 3.8) is 0 Å². The van der Waals surface area contributed by atoms with Gasteiger partial charge < -0.3 is 5.73 Å². The van der Waals surface area contributed by atoms with E-state index in [0.29, 0.717) is 11.8 Å². The topological polar surface area (TPSA) is 38.9 Å². The summed E-state index contributed by atoms with van der Waals surface area (Å²) in [6.45, 7) is 4.51. The zero-order chi connectivity index (χ0) is 9.42. The highest BCUT2D eigenvalue weighted by atomic mass is 14.7. The minimum atomic E-state index is 0.624. The average Bonchev–Trinajstić information content (AvgIpc) is 2.48. The number of pyridine rings is 1. The van der Waals surface area contributed by atoms with Gasteiger partial charge in [-0.25, -0.2) is 0 Å². The second kappa shape index (κ2) is 3.02. The molecule has 2 N–H and O–H groups in total. The molecule has 0 bridgehead atoms. The van der Waals surface area contributed by atoms with E-state index < -0.39 is 0 Å². The molecule has 0 aromatic carbocycles. The number of aromatic nitrogens is 1. The molecule has 1 heterocycles. The molecular formula is C11H16N2. The quantitative estimate of drug-likeness (QED) is 0.713. The molecule has 1 aliphatic rings. The van der Waals surface area contributed by atoms with Gasteiger partial charge in [-0.2, -0.15) is 0 Å². The van der Waals surface area contributed by atoms with Gasteiger partial charge in [-0.1, -0.05) is 13.8 Å². The smallest absolute Gasteiger partial charge is 0.0489 e. The first-order valence-corrected chi connectivity index (χ1v) is 4.93. The first kappa shape index (κ1) is 8.54. The minimum absolute atomic E-state index is 0.624. The van der Waals surface area contributed by atoms with Crippen molar-refractivity contribution in [1.29, 1.82) is 0 Å². The monoisotopic (exact) mass is 176 g/mol. The van der Waals surface area contributed by atoms with Crippen LogP contribution in [0, 0.1) is 5.92 Å². The number of hydrogen-bond donors (Lipinski definition) is 1. The summed E-state index contributed by atoms with van der Waals surface area (Å²) >= 11 is 0. The summed E-state index contributed by atoms with van der Waals surface area (Å²) in [5.41, 5.74) is 9.36. The fourth-order valence-electron chi connectivity index (χ4n) is 2.20. The molecule has 0 fully saturated rings. The van der Waals surface area contributed by atoms with Crippen molar-refractivity contribution < 1.29 is 0 Å². The van der Waals surface area contributed by atoms with Gasteiger partial charge in [0.05, 0.1) is 0 Å². The Morgan fingerprint density at radius 3 is 3.00 bits per heavy atom. The van der Waals surface area contributed by atoms with Gasteiger partial charge in [-0.3, -0.25) is 4.98 Å². The highest BCUT2D eigenvalue weighted by Gasteiger charge is 2.27. The molecule has 70 valence electrons. The van der Waals surface area contributed by atoms with E-state index in [1.807, 2.05) is 12.3 Å². The number of nitrogens with two attached hydrogens (primary N) is 1. The normalized spacial score (nSPS) is 20.7. The van der Waals surface area contributed by atoms with Gasteiger partial charge in [-0.05, 0) is 30.4 Å². The molecule has 0 saturated heterocycles. The Bertz CT molecular complexity index is 318. The van der Waals surface area contributed by atoms with Crippen LogP contribution in [0.1, 0.15) is 37.4 Å². The molecule has 2 nitrogen and oxygen atoms in total. The largest absolute Gasteiger partial charge is 0.398 e. The van der Waals surface area contributed by atoms with Crippen LogP contribution in [0.2, 0.25) is 0 Å². The number of nitrogens with zero attached hydrogens (tertiary/aromatic N) is 1. The third-order valence-corrected chi connectivity index (χ3v) is 2.99. The third-order valence-electron chi connectivity index (χ3n) is 2.99. The van der Waals surface area contributed by atoms with Crippen LogP contribution >= 0.6 is 0 Å². The average molecular weight is 176 g/mol. The van der Waals surface area contributed by atoms with Crippen LogP contribution in [0.3, 0.4) is 0 Å². The summed E-state index contributed by atoms with van der Waals surface area (Å²) in [5.74, 6) is 1.30. The van der Waals surface area contributed by atoms with Crippen LogP contribution in [0.4, 0.5) is 5.69 Å². The van der Waals surface area contributed by atoms with E-state index in [2.05, 4.69) is 18.8 Å². The van der Waals surface area contributed by atoms with Gasteiger partial charge in [-0.15, -0.1) is 0 Å². The Morgan fingerprint density at radius 2 is 2.31 bits per heavy atom. The second-order valence-corrected chi connectivity index (χ2v) is 4.15. The van der Waals surface area contributed by atoms with Gasteiger partial charge in [0.1, 0.15) is 0 Å². The lowest BCUT2D eigenvalue weighted by atomic mass is 9.93. The maximum atomic E-state index is 5.89. The van der Waals surface area contributed by atoms with Crippen molar-refractivity contribution in [3.05, 3.63) is 23.5 Å².